The number of hydrogen-bond acceptors (Lipinski definition) is 3. The zero-order valence-electron chi connectivity index (χ0n) is 14.3. The second-order valence-corrected chi connectivity index (χ2v) is 6.46. The highest BCUT2D eigenvalue weighted by molar-refractivity contribution is 6.33. The van der Waals surface area contributed by atoms with Crippen molar-refractivity contribution in [2.75, 3.05) is 0 Å². The van der Waals surface area contributed by atoms with Gasteiger partial charge >= 0.3 is 0 Å². The smallest absolute Gasteiger partial charge is 0.196 e. The number of benzene rings is 2. The van der Waals surface area contributed by atoms with Crippen LogP contribution in [0.25, 0.3) is 0 Å². The van der Waals surface area contributed by atoms with E-state index in [0.29, 0.717) is 33.9 Å². The van der Waals surface area contributed by atoms with Gasteiger partial charge in [-0.2, -0.15) is 0 Å². The lowest BCUT2D eigenvalue weighted by Crippen LogP contribution is -2.14. The lowest BCUT2D eigenvalue weighted by Gasteiger charge is -2.10. The fraction of sp³-hybridized carbons (Fsp3) is 0.100. The van der Waals surface area contributed by atoms with Gasteiger partial charge in [0.1, 0.15) is 12.4 Å². The molecule has 0 aliphatic rings. The molecule has 0 bridgehead atoms. The molecule has 0 saturated heterocycles. The first-order valence-electron chi connectivity index (χ1n) is 8.00. The predicted octanol–water partition coefficient (Wildman–Crippen LogP) is 5.62. The molecule has 2 aromatic carbocycles. The first-order chi connectivity index (χ1) is 12.6. The number of rotatable bonds is 6. The average molecular weight is 423 g/mol. The van der Waals surface area contributed by atoms with E-state index in [2.05, 4.69) is 9.98 Å². The molecule has 0 atom stereocenters. The minimum atomic E-state index is 0. The van der Waals surface area contributed by atoms with Gasteiger partial charge in [0.05, 0.1) is 0 Å². The number of aromatic nitrogens is 1. The van der Waals surface area contributed by atoms with Gasteiger partial charge in [0, 0.05) is 28.2 Å². The second kappa shape index (κ2) is 10.2. The molecule has 0 saturated carbocycles. The van der Waals surface area contributed by atoms with E-state index >= 15 is 0 Å². The maximum absolute atomic E-state index is 6.18. The summed E-state index contributed by atoms with van der Waals surface area (Å²) < 4.78 is 5.84. The van der Waals surface area contributed by atoms with Gasteiger partial charge in [-0.15, -0.1) is 12.4 Å². The Labute approximate surface area is 174 Å². The van der Waals surface area contributed by atoms with Gasteiger partial charge in [-0.25, -0.2) is 9.98 Å². The van der Waals surface area contributed by atoms with Crippen LogP contribution in [0.4, 0.5) is 5.82 Å². The van der Waals surface area contributed by atoms with Crippen molar-refractivity contribution in [3.63, 3.8) is 0 Å². The average Bonchev–Trinajstić information content (AvgIpc) is 2.64. The highest BCUT2D eigenvalue weighted by Gasteiger charge is 2.08. The van der Waals surface area contributed by atoms with E-state index in [1.54, 1.807) is 36.5 Å². The predicted molar refractivity (Wildman–Crippen MR) is 114 cm³/mol. The zero-order valence-corrected chi connectivity index (χ0v) is 16.6. The van der Waals surface area contributed by atoms with Crippen LogP contribution in [0.2, 0.25) is 10.0 Å². The van der Waals surface area contributed by atoms with E-state index in [0.717, 1.165) is 11.1 Å². The van der Waals surface area contributed by atoms with E-state index < -0.39 is 0 Å². The van der Waals surface area contributed by atoms with Crippen molar-refractivity contribution in [2.24, 2.45) is 10.7 Å². The molecule has 4 nitrogen and oxygen atoms in total. The van der Waals surface area contributed by atoms with Gasteiger partial charge in [-0.05, 0) is 35.9 Å². The first-order valence-corrected chi connectivity index (χ1v) is 8.76. The van der Waals surface area contributed by atoms with Crippen LogP contribution in [-0.4, -0.2) is 10.8 Å². The molecule has 3 aromatic rings. The Morgan fingerprint density at radius 1 is 1.04 bits per heavy atom. The summed E-state index contributed by atoms with van der Waals surface area (Å²) in [7, 11) is 0. The molecule has 0 fully saturated rings. The largest absolute Gasteiger partial charge is 0.485 e. The van der Waals surface area contributed by atoms with Crippen molar-refractivity contribution in [1.82, 2.24) is 4.98 Å². The molecule has 0 radical (unpaired) electrons. The van der Waals surface area contributed by atoms with Crippen molar-refractivity contribution in [1.29, 1.82) is 0 Å². The molecule has 0 unspecified atom stereocenters. The van der Waals surface area contributed by atoms with Gasteiger partial charge < -0.3 is 10.5 Å². The van der Waals surface area contributed by atoms with Crippen molar-refractivity contribution < 1.29 is 4.74 Å². The maximum atomic E-state index is 6.18. The first kappa shape index (κ1) is 21.0. The summed E-state index contributed by atoms with van der Waals surface area (Å²) in [4.78, 5) is 8.67. The second-order valence-electron chi connectivity index (χ2n) is 5.62. The Morgan fingerprint density at radius 2 is 1.81 bits per heavy atom. The van der Waals surface area contributed by atoms with Gasteiger partial charge in [0.15, 0.2) is 11.6 Å². The lowest BCUT2D eigenvalue weighted by atomic mass is 10.1. The zero-order chi connectivity index (χ0) is 18.4. The summed E-state index contributed by atoms with van der Waals surface area (Å²) in [5.41, 5.74) is 7.94. The third-order valence-electron chi connectivity index (χ3n) is 3.62. The van der Waals surface area contributed by atoms with Crippen LogP contribution in [0.1, 0.15) is 11.1 Å². The molecule has 1 heterocycles. The number of nitrogens with zero attached hydrogens (tertiary/aromatic N) is 2. The number of ether oxygens (including phenoxy) is 1. The van der Waals surface area contributed by atoms with E-state index in [4.69, 9.17) is 33.7 Å². The van der Waals surface area contributed by atoms with Crippen molar-refractivity contribution in [3.05, 3.63) is 88.0 Å². The van der Waals surface area contributed by atoms with Crippen LogP contribution in [0, 0.1) is 0 Å². The molecular formula is C20H18Cl3N3O. The molecule has 27 heavy (non-hydrogen) atoms. The van der Waals surface area contributed by atoms with E-state index in [9.17, 15) is 0 Å². The summed E-state index contributed by atoms with van der Waals surface area (Å²) in [5, 5.41) is 1.19. The Hall–Kier alpha value is -2.27. The minimum Gasteiger partial charge on any atom is -0.485 e. The highest BCUT2D eigenvalue weighted by atomic mass is 35.5. The molecule has 0 aliphatic carbocycles. The van der Waals surface area contributed by atoms with Crippen molar-refractivity contribution in [2.45, 2.75) is 13.0 Å². The van der Waals surface area contributed by atoms with Crippen LogP contribution in [0.3, 0.4) is 0 Å². The fourth-order valence-corrected chi connectivity index (χ4v) is 2.74. The van der Waals surface area contributed by atoms with E-state index in [-0.39, 0.29) is 19.0 Å². The summed E-state index contributed by atoms with van der Waals surface area (Å²) in [6.45, 7) is 0.256. The molecule has 0 spiro atoms. The number of nitrogens with two attached hydrogens (primary N) is 1. The highest BCUT2D eigenvalue weighted by Crippen LogP contribution is 2.27. The van der Waals surface area contributed by atoms with Crippen LogP contribution < -0.4 is 10.5 Å². The van der Waals surface area contributed by atoms with Crippen molar-refractivity contribution in [3.8, 4) is 5.75 Å². The third-order valence-corrected chi connectivity index (χ3v) is 4.22. The standard InChI is InChI=1S/C20H17Cl2N3O.ClH/c21-16-8-9-17(22)15(12-16)13-26-18-7-4-10-24-20(18)25-19(23)11-14-5-2-1-3-6-14;/h1-10,12H,11,13H2,(H2,23,24,25);1H. The fourth-order valence-electron chi connectivity index (χ4n) is 2.37. The molecule has 3 rings (SSSR count). The molecule has 7 heteroatoms. The van der Waals surface area contributed by atoms with Gasteiger partial charge in [0.2, 0.25) is 0 Å². The number of aliphatic imine (C=N–C) groups is 1. The minimum absolute atomic E-state index is 0. The summed E-state index contributed by atoms with van der Waals surface area (Å²) in [5.74, 6) is 1.42. The van der Waals surface area contributed by atoms with Gasteiger partial charge in [-0.1, -0.05) is 53.5 Å². The van der Waals surface area contributed by atoms with Crippen LogP contribution in [0.5, 0.6) is 5.75 Å². The number of halogens is 3. The molecule has 140 valence electrons. The van der Waals surface area contributed by atoms with Gasteiger partial charge in [-0.3, -0.25) is 0 Å². The Bertz CT molecular complexity index is 917. The molecule has 0 amide bonds. The third kappa shape index (κ3) is 6.14. The Morgan fingerprint density at radius 3 is 2.59 bits per heavy atom. The number of amidine groups is 1. The molecule has 1 aromatic heterocycles. The SMILES string of the molecule is Cl.N/C(Cc1ccccc1)=N\c1ncccc1OCc1cc(Cl)ccc1Cl. The number of pyridine rings is 1. The monoisotopic (exact) mass is 421 g/mol. The van der Waals surface area contributed by atoms with Crippen LogP contribution in [-0.2, 0) is 13.0 Å². The van der Waals surface area contributed by atoms with Crippen LogP contribution in [0.15, 0.2) is 71.9 Å². The number of hydrogen-bond donors (Lipinski definition) is 1. The Kier molecular flexibility index (Phi) is 7.92. The Balaban J connectivity index is 0.00000261. The topological polar surface area (TPSA) is 60.5 Å². The van der Waals surface area contributed by atoms with E-state index in [1.165, 1.54) is 0 Å². The summed E-state index contributed by atoms with van der Waals surface area (Å²) in [6.07, 6.45) is 2.19. The van der Waals surface area contributed by atoms with Gasteiger partial charge in [0.25, 0.3) is 0 Å². The normalized spacial score (nSPS) is 11.0. The summed E-state index contributed by atoms with van der Waals surface area (Å²) in [6, 6.07) is 18.7. The van der Waals surface area contributed by atoms with Crippen molar-refractivity contribution >= 4 is 47.3 Å². The van der Waals surface area contributed by atoms with E-state index in [1.807, 2.05) is 30.3 Å². The lowest BCUT2D eigenvalue weighted by molar-refractivity contribution is 0.306. The molecular weight excluding hydrogens is 405 g/mol. The quantitative estimate of drug-likeness (QED) is 0.414. The maximum Gasteiger partial charge on any atom is 0.196 e. The molecule has 0 aliphatic heterocycles. The summed E-state index contributed by atoms with van der Waals surface area (Å²) >= 11 is 12.2. The van der Waals surface area contributed by atoms with Crippen LogP contribution >= 0.6 is 35.6 Å². The molecule has 2 N–H and O–H groups in total.